The fraction of sp³-hybridized carbons (Fsp3) is 0.429. The lowest BCUT2D eigenvalue weighted by atomic mass is 9.79. The Hall–Kier alpha value is -1.75. The van der Waals surface area contributed by atoms with Crippen LogP contribution >= 0.6 is 0 Å². The average molecular weight is 379 g/mol. The van der Waals surface area contributed by atoms with Crippen LogP contribution in [0.25, 0.3) is 0 Å². The zero-order chi connectivity index (χ0) is 18.7. The highest BCUT2D eigenvalue weighted by Gasteiger charge is 2.35. The van der Waals surface area contributed by atoms with Crippen LogP contribution in [0.1, 0.15) is 48.3 Å². The molecule has 0 unspecified atom stereocenters. The second kappa shape index (κ2) is 7.87. The van der Waals surface area contributed by atoms with Gasteiger partial charge in [-0.05, 0) is 67.0 Å². The summed E-state index contributed by atoms with van der Waals surface area (Å²) in [5, 5.41) is 0. The topological polar surface area (TPSA) is 9.23 Å². The van der Waals surface area contributed by atoms with E-state index >= 15 is 0 Å². The molecule has 0 N–H and O–H groups in total. The van der Waals surface area contributed by atoms with Crippen molar-refractivity contribution in [2.75, 3.05) is 0 Å². The van der Waals surface area contributed by atoms with Gasteiger partial charge < -0.3 is 4.74 Å². The summed E-state index contributed by atoms with van der Waals surface area (Å²) >= 11 is 0. The predicted octanol–water partition coefficient (Wildman–Crippen LogP) is 5.32. The zero-order valence-corrected chi connectivity index (χ0v) is 17.3. The first-order valence-electron chi connectivity index (χ1n) is 9.32. The molecule has 1 aliphatic carbocycles. The number of halogens is 3. The third-order valence-electron chi connectivity index (χ3n) is 5.53. The lowest BCUT2D eigenvalue weighted by Gasteiger charge is -2.28. The van der Waals surface area contributed by atoms with Gasteiger partial charge in [0.15, 0.2) is 0 Å². The van der Waals surface area contributed by atoms with Crippen LogP contribution in [0.5, 0.6) is 5.75 Å². The third kappa shape index (κ3) is 4.31. The van der Waals surface area contributed by atoms with Crippen LogP contribution in [0.4, 0.5) is 13.2 Å². The minimum atomic E-state index is -3.57. The predicted molar refractivity (Wildman–Crippen MR) is 102 cm³/mol. The number of hydrogen-bond acceptors (Lipinski definition) is 1. The van der Waals surface area contributed by atoms with E-state index in [1.54, 1.807) is 12.1 Å². The molecule has 1 fully saturated rings. The molecule has 26 heavy (non-hydrogen) atoms. The third-order valence-corrected chi connectivity index (χ3v) is 6.68. The Morgan fingerprint density at radius 3 is 2.27 bits per heavy atom. The molecule has 0 radical (unpaired) electrons. The summed E-state index contributed by atoms with van der Waals surface area (Å²) in [4.78, 5) is 0. The Labute approximate surface area is 156 Å². The summed E-state index contributed by atoms with van der Waals surface area (Å²) in [6.07, 6.45) is 1.31. The van der Waals surface area contributed by atoms with Gasteiger partial charge >= 0.3 is 6.11 Å². The summed E-state index contributed by atoms with van der Waals surface area (Å²) < 4.78 is 47.0. The van der Waals surface area contributed by atoms with Crippen LogP contribution < -0.4 is 4.74 Å². The lowest BCUT2D eigenvalue weighted by Crippen LogP contribution is -2.22. The normalized spacial score (nSPS) is 20.9. The Morgan fingerprint density at radius 2 is 1.69 bits per heavy atom. The molecule has 0 aromatic heterocycles. The number of aryl methyl sites for hydroxylation is 1. The van der Waals surface area contributed by atoms with Crippen LogP contribution in [-0.4, -0.2) is 10.2 Å². The first kappa shape index (κ1) is 19.0. The smallest absolute Gasteiger partial charge is 0.426 e. The molecule has 5 heteroatoms. The van der Waals surface area contributed by atoms with E-state index in [9.17, 15) is 13.2 Å². The molecule has 0 spiro atoms. The molecular weight excluding hydrogens is 353 g/mol. The molecule has 1 saturated carbocycles. The lowest BCUT2D eigenvalue weighted by molar-refractivity contribution is -0.185. The minimum Gasteiger partial charge on any atom is -0.429 e. The monoisotopic (exact) mass is 378 g/mol. The quantitative estimate of drug-likeness (QED) is 0.640. The molecule has 0 aliphatic heterocycles. The molecule has 0 amide bonds. The first-order chi connectivity index (χ1) is 12.4. The van der Waals surface area contributed by atoms with E-state index in [4.69, 9.17) is 4.74 Å². The SMILES string of the molecule is Cc1ccc(C(F)(F)Oc2ccc(C3CCC(C[SiH3])CC3)cc2)cc1F. The van der Waals surface area contributed by atoms with Gasteiger partial charge in [-0.3, -0.25) is 0 Å². The van der Waals surface area contributed by atoms with Gasteiger partial charge in [0.25, 0.3) is 0 Å². The van der Waals surface area contributed by atoms with Crippen LogP contribution in [0, 0.1) is 18.7 Å². The number of benzene rings is 2. The largest absolute Gasteiger partial charge is 0.429 e. The summed E-state index contributed by atoms with van der Waals surface area (Å²) in [5.41, 5.74) is 1.04. The molecule has 1 aliphatic rings. The molecule has 0 saturated heterocycles. The maximum atomic E-state index is 14.3. The molecule has 0 atom stereocenters. The van der Waals surface area contributed by atoms with Crippen molar-refractivity contribution in [3.05, 3.63) is 65.0 Å². The van der Waals surface area contributed by atoms with E-state index in [1.165, 1.54) is 66.6 Å². The maximum Gasteiger partial charge on any atom is 0.426 e. The standard InChI is InChI=1S/C21H25F3OSi/c1-14-2-9-18(12-20(14)22)21(23,24)25-19-10-7-17(8-11-19)16-5-3-15(13-26)4-6-16/h2,7-12,15-16H,3-6,13H2,1,26H3. The molecule has 0 bridgehead atoms. The summed E-state index contributed by atoms with van der Waals surface area (Å²) in [6, 6.07) is 11.7. The Balaban J connectivity index is 1.67. The van der Waals surface area contributed by atoms with Crippen molar-refractivity contribution in [2.45, 2.75) is 50.7 Å². The van der Waals surface area contributed by atoms with Crippen LogP contribution in [0.15, 0.2) is 42.5 Å². The number of ether oxygens (including phenoxy) is 1. The Kier molecular flexibility index (Phi) is 5.75. The van der Waals surface area contributed by atoms with Gasteiger partial charge in [0.05, 0.1) is 5.56 Å². The van der Waals surface area contributed by atoms with Gasteiger partial charge in [0.2, 0.25) is 0 Å². The highest BCUT2D eigenvalue weighted by molar-refractivity contribution is 6.08. The van der Waals surface area contributed by atoms with Gasteiger partial charge in [0, 0.05) is 10.2 Å². The van der Waals surface area contributed by atoms with Gasteiger partial charge in [-0.1, -0.05) is 37.1 Å². The van der Waals surface area contributed by atoms with E-state index in [-0.39, 0.29) is 5.75 Å². The van der Waals surface area contributed by atoms with Crippen molar-refractivity contribution in [3.8, 4) is 5.75 Å². The van der Waals surface area contributed by atoms with E-state index in [1.807, 2.05) is 12.1 Å². The van der Waals surface area contributed by atoms with Crippen molar-refractivity contribution in [1.82, 2.24) is 0 Å². The van der Waals surface area contributed by atoms with Crippen LogP contribution in [0.3, 0.4) is 0 Å². The highest BCUT2D eigenvalue weighted by Crippen LogP contribution is 2.38. The number of alkyl halides is 2. The highest BCUT2D eigenvalue weighted by atomic mass is 28.1. The Bertz CT molecular complexity index is 737. The first-order valence-corrected chi connectivity index (χ1v) is 10.7. The number of hydrogen-bond donors (Lipinski definition) is 0. The fourth-order valence-electron chi connectivity index (χ4n) is 3.69. The zero-order valence-electron chi connectivity index (χ0n) is 15.3. The van der Waals surface area contributed by atoms with Crippen LogP contribution in [-0.2, 0) is 6.11 Å². The minimum absolute atomic E-state index is 0.0907. The van der Waals surface area contributed by atoms with Crippen molar-refractivity contribution < 1.29 is 17.9 Å². The molecule has 2 aromatic carbocycles. The molecule has 3 rings (SSSR count). The Morgan fingerprint density at radius 1 is 1.04 bits per heavy atom. The van der Waals surface area contributed by atoms with E-state index < -0.39 is 17.5 Å². The maximum absolute atomic E-state index is 14.3. The summed E-state index contributed by atoms with van der Waals surface area (Å²) in [5.74, 6) is 0.828. The molecule has 2 aromatic rings. The molecule has 140 valence electrons. The summed E-state index contributed by atoms with van der Waals surface area (Å²) in [6.45, 7) is 1.53. The second-order valence-corrected chi connectivity index (χ2v) is 8.09. The molecule has 0 heterocycles. The van der Waals surface area contributed by atoms with E-state index in [0.717, 1.165) is 12.0 Å². The van der Waals surface area contributed by atoms with Gasteiger partial charge in [-0.25, -0.2) is 4.39 Å². The van der Waals surface area contributed by atoms with Crippen LogP contribution in [0.2, 0.25) is 6.04 Å². The van der Waals surface area contributed by atoms with Gasteiger partial charge in [-0.15, -0.1) is 0 Å². The van der Waals surface area contributed by atoms with Crippen molar-refractivity contribution in [3.63, 3.8) is 0 Å². The van der Waals surface area contributed by atoms with Crippen molar-refractivity contribution >= 4 is 10.2 Å². The van der Waals surface area contributed by atoms with E-state index in [0.29, 0.717) is 11.5 Å². The van der Waals surface area contributed by atoms with Gasteiger partial charge in [-0.2, -0.15) is 8.78 Å². The molecular formula is C21H25F3OSi. The fourth-order valence-corrected chi connectivity index (χ4v) is 4.51. The summed E-state index contributed by atoms with van der Waals surface area (Å²) in [7, 11) is 1.26. The molecule has 1 nitrogen and oxygen atoms in total. The number of rotatable bonds is 5. The average Bonchev–Trinajstić information content (AvgIpc) is 2.64. The second-order valence-electron chi connectivity index (χ2n) is 7.28. The van der Waals surface area contributed by atoms with E-state index in [2.05, 4.69) is 0 Å². The van der Waals surface area contributed by atoms with Gasteiger partial charge in [0.1, 0.15) is 11.6 Å². The van der Waals surface area contributed by atoms with Crippen molar-refractivity contribution in [1.29, 1.82) is 0 Å². The van der Waals surface area contributed by atoms with Crippen molar-refractivity contribution in [2.24, 2.45) is 5.92 Å².